The number of nitrogens with zero attached hydrogens (tertiary/aromatic N) is 1. The molecule has 1 saturated heterocycles. The standard InChI is InChI=1S/C23H28N2O5/c1-15-8-10-25(11-9-15)23(27)16-6-5-7-18(12-16)24-22(26)17-13-19(28-2)21(30-4)20(14-17)29-3/h5-7,12-15H,8-11H2,1-4H3,(H,24,26). The van der Waals surface area contributed by atoms with Gasteiger partial charge in [-0.1, -0.05) is 13.0 Å². The van der Waals surface area contributed by atoms with Gasteiger partial charge in [-0.15, -0.1) is 0 Å². The summed E-state index contributed by atoms with van der Waals surface area (Å²) in [5, 5.41) is 2.84. The molecule has 7 nitrogen and oxygen atoms in total. The number of hydrogen-bond acceptors (Lipinski definition) is 5. The topological polar surface area (TPSA) is 77.1 Å². The van der Waals surface area contributed by atoms with Gasteiger partial charge in [0.1, 0.15) is 0 Å². The normalized spacial score (nSPS) is 14.2. The largest absolute Gasteiger partial charge is 0.493 e. The maximum Gasteiger partial charge on any atom is 0.255 e. The number of methoxy groups -OCH3 is 3. The van der Waals surface area contributed by atoms with Crippen LogP contribution in [0, 0.1) is 5.92 Å². The van der Waals surface area contributed by atoms with Gasteiger partial charge >= 0.3 is 0 Å². The highest BCUT2D eigenvalue weighted by atomic mass is 16.5. The predicted molar refractivity (Wildman–Crippen MR) is 115 cm³/mol. The number of hydrogen-bond donors (Lipinski definition) is 1. The van der Waals surface area contributed by atoms with Crippen LogP contribution in [-0.2, 0) is 0 Å². The Balaban J connectivity index is 1.78. The van der Waals surface area contributed by atoms with E-state index in [2.05, 4.69) is 12.2 Å². The van der Waals surface area contributed by atoms with Gasteiger partial charge in [-0.25, -0.2) is 0 Å². The third-order valence-corrected chi connectivity index (χ3v) is 5.37. The molecule has 0 saturated carbocycles. The Bertz CT molecular complexity index is 895. The molecule has 1 N–H and O–H groups in total. The van der Waals surface area contributed by atoms with Crippen molar-refractivity contribution in [2.24, 2.45) is 5.92 Å². The fourth-order valence-corrected chi connectivity index (χ4v) is 3.54. The van der Waals surface area contributed by atoms with Crippen LogP contribution in [0.25, 0.3) is 0 Å². The van der Waals surface area contributed by atoms with Crippen LogP contribution in [-0.4, -0.2) is 51.1 Å². The van der Waals surface area contributed by atoms with Gasteiger partial charge in [-0.3, -0.25) is 9.59 Å². The summed E-state index contributed by atoms with van der Waals surface area (Å²) in [6.45, 7) is 3.74. The summed E-state index contributed by atoms with van der Waals surface area (Å²) < 4.78 is 15.9. The van der Waals surface area contributed by atoms with E-state index < -0.39 is 0 Å². The van der Waals surface area contributed by atoms with Gasteiger partial charge in [-0.05, 0) is 49.1 Å². The number of carbonyl (C=O) groups excluding carboxylic acids is 2. The fourth-order valence-electron chi connectivity index (χ4n) is 3.54. The summed E-state index contributed by atoms with van der Waals surface area (Å²) >= 11 is 0. The van der Waals surface area contributed by atoms with Crippen LogP contribution in [0.4, 0.5) is 5.69 Å². The minimum absolute atomic E-state index is 0.00853. The number of carbonyl (C=O) groups is 2. The smallest absolute Gasteiger partial charge is 0.255 e. The number of rotatable bonds is 6. The van der Waals surface area contributed by atoms with Gasteiger partial charge in [0.15, 0.2) is 11.5 Å². The Labute approximate surface area is 176 Å². The first-order valence-corrected chi connectivity index (χ1v) is 9.97. The molecule has 0 spiro atoms. The highest BCUT2D eigenvalue weighted by Crippen LogP contribution is 2.38. The lowest BCUT2D eigenvalue weighted by molar-refractivity contribution is 0.0697. The van der Waals surface area contributed by atoms with E-state index in [0.29, 0.717) is 40.0 Å². The molecule has 0 radical (unpaired) electrons. The van der Waals surface area contributed by atoms with E-state index in [-0.39, 0.29) is 11.8 Å². The SMILES string of the molecule is COc1cc(C(=O)Nc2cccc(C(=O)N3CCC(C)CC3)c2)cc(OC)c1OC. The molecule has 0 bridgehead atoms. The van der Waals surface area contributed by atoms with Crippen molar-refractivity contribution in [3.63, 3.8) is 0 Å². The summed E-state index contributed by atoms with van der Waals surface area (Å²) in [6, 6.07) is 10.2. The van der Waals surface area contributed by atoms with Crippen molar-refractivity contribution in [2.45, 2.75) is 19.8 Å². The van der Waals surface area contributed by atoms with Crippen LogP contribution >= 0.6 is 0 Å². The molecule has 0 unspecified atom stereocenters. The number of benzene rings is 2. The summed E-state index contributed by atoms with van der Waals surface area (Å²) in [7, 11) is 4.50. The van der Waals surface area contributed by atoms with Crippen LogP contribution in [0.2, 0.25) is 0 Å². The van der Waals surface area contributed by atoms with Crippen molar-refractivity contribution >= 4 is 17.5 Å². The minimum Gasteiger partial charge on any atom is -0.493 e. The van der Waals surface area contributed by atoms with Crippen molar-refractivity contribution < 1.29 is 23.8 Å². The maximum absolute atomic E-state index is 12.8. The Hall–Kier alpha value is -3.22. The lowest BCUT2D eigenvalue weighted by atomic mass is 9.98. The fraction of sp³-hybridized carbons (Fsp3) is 0.391. The first-order chi connectivity index (χ1) is 14.5. The molecule has 2 amide bonds. The molecule has 2 aromatic rings. The lowest BCUT2D eigenvalue weighted by Crippen LogP contribution is -2.37. The molecule has 1 aliphatic heterocycles. The Kier molecular flexibility index (Phi) is 6.82. The molecule has 1 aliphatic rings. The summed E-state index contributed by atoms with van der Waals surface area (Å²) in [4.78, 5) is 27.5. The van der Waals surface area contributed by atoms with Gasteiger partial charge in [0.25, 0.3) is 11.8 Å². The van der Waals surface area contributed by atoms with Crippen molar-refractivity contribution in [1.29, 1.82) is 0 Å². The summed E-state index contributed by atoms with van der Waals surface area (Å²) in [5.41, 5.74) is 1.46. The van der Waals surface area contributed by atoms with E-state index in [1.165, 1.54) is 21.3 Å². The quantitative estimate of drug-likeness (QED) is 0.780. The highest BCUT2D eigenvalue weighted by Gasteiger charge is 2.22. The van der Waals surface area contributed by atoms with Crippen molar-refractivity contribution in [2.75, 3.05) is 39.7 Å². The Morgan fingerprint density at radius 3 is 2.13 bits per heavy atom. The second kappa shape index (κ2) is 9.52. The average Bonchev–Trinajstić information content (AvgIpc) is 2.78. The number of nitrogens with one attached hydrogen (secondary N) is 1. The summed E-state index contributed by atoms with van der Waals surface area (Å²) in [5.74, 6) is 1.50. The average molecular weight is 412 g/mol. The van der Waals surface area contributed by atoms with Gasteiger partial charge < -0.3 is 24.4 Å². The van der Waals surface area contributed by atoms with E-state index in [0.717, 1.165) is 25.9 Å². The van der Waals surface area contributed by atoms with E-state index in [9.17, 15) is 9.59 Å². The molecule has 160 valence electrons. The van der Waals surface area contributed by atoms with Crippen LogP contribution in [0.1, 0.15) is 40.5 Å². The highest BCUT2D eigenvalue weighted by molar-refractivity contribution is 6.06. The van der Waals surface area contributed by atoms with Gasteiger partial charge in [0.2, 0.25) is 5.75 Å². The molecular weight excluding hydrogens is 384 g/mol. The van der Waals surface area contributed by atoms with Crippen molar-refractivity contribution in [3.8, 4) is 17.2 Å². The molecule has 7 heteroatoms. The molecule has 3 rings (SSSR count). The Morgan fingerprint density at radius 2 is 1.57 bits per heavy atom. The van der Waals surface area contributed by atoms with Crippen LogP contribution in [0.15, 0.2) is 36.4 Å². The van der Waals surface area contributed by atoms with Crippen LogP contribution in [0.3, 0.4) is 0 Å². The molecule has 0 atom stereocenters. The lowest BCUT2D eigenvalue weighted by Gasteiger charge is -2.30. The monoisotopic (exact) mass is 412 g/mol. The first-order valence-electron chi connectivity index (χ1n) is 9.97. The number of ether oxygens (including phenoxy) is 3. The van der Waals surface area contributed by atoms with Crippen LogP contribution < -0.4 is 19.5 Å². The molecule has 0 aromatic heterocycles. The van der Waals surface area contributed by atoms with Crippen LogP contribution in [0.5, 0.6) is 17.2 Å². The zero-order valence-electron chi connectivity index (χ0n) is 17.9. The zero-order valence-corrected chi connectivity index (χ0v) is 17.9. The maximum atomic E-state index is 12.8. The Morgan fingerprint density at radius 1 is 0.933 bits per heavy atom. The molecule has 1 heterocycles. The summed E-state index contributed by atoms with van der Waals surface area (Å²) in [6.07, 6.45) is 2.03. The van der Waals surface area contributed by atoms with E-state index in [4.69, 9.17) is 14.2 Å². The third kappa shape index (κ3) is 4.67. The predicted octanol–water partition coefficient (Wildman–Crippen LogP) is 3.84. The molecular formula is C23H28N2O5. The first kappa shape index (κ1) is 21.5. The molecule has 2 aromatic carbocycles. The molecule has 30 heavy (non-hydrogen) atoms. The van der Waals surface area contributed by atoms with Gasteiger partial charge in [0, 0.05) is 29.9 Å². The second-order valence-electron chi connectivity index (χ2n) is 7.42. The second-order valence-corrected chi connectivity index (χ2v) is 7.42. The number of likely N-dealkylation sites (tertiary alicyclic amines) is 1. The minimum atomic E-state index is -0.342. The number of piperidine rings is 1. The molecule has 1 fully saturated rings. The van der Waals surface area contributed by atoms with E-state index in [1.54, 1.807) is 36.4 Å². The third-order valence-electron chi connectivity index (χ3n) is 5.37. The van der Waals surface area contributed by atoms with Crippen molar-refractivity contribution in [1.82, 2.24) is 4.90 Å². The molecule has 0 aliphatic carbocycles. The van der Waals surface area contributed by atoms with Gasteiger partial charge in [0.05, 0.1) is 21.3 Å². The van der Waals surface area contributed by atoms with Gasteiger partial charge in [-0.2, -0.15) is 0 Å². The van der Waals surface area contributed by atoms with Crippen molar-refractivity contribution in [3.05, 3.63) is 47.5 Å². The number of amides is 2. The van der Waals surface area contributed by atoms with E-state index in [1.807, 2.05) is 4.90 Å². The number of anilines is 1. The van der Waals surface area contributed by atoms with E-state index >= 15 is 0 Å². The zero-order chi connectivity index (χ0) is 21.7.